The van der Waals surface area contributed by atoms with Crippen LogP contribution in [0.1, 0.15) is 48.0 Å². The summed E-state index contributed by atoms with van der Waals surface area (Å²) < 4.78 is 10.6. The third-order valence-electron chi connectivity index (χ3n) is 5.02. The van der Waals surface area contributed by atoms with Crippen LogP contribution in [0.2, 0.25) is 0 Å². The van der Waals surface area contributed by atoms with Crippen molar-refractivity contribution in [2.75, 3.05) is 18.0 Å². The van der Waals surface area contributed by atoms with E-state index in [1.165, 1.54) is 6.07 Å². The van der Waals surface area contributed by atoms with Crippen molar-refractivity contribution in [2.45, 2.75) is 40.7 Å². The number of carbonyl (C=O) groups is 1. The summed E-state index contributed by atoms with van der Waals surface area (Å²) >= 11 is 0. The average molecular weight is 387 g/mol. The number of hydrogen-bond acceptors (Lipinski definition) is 7. The number of nitro groups is 1. The van der Waals surface area contributed by atoms with E-state index in [0.29, 0.717) is 29.2 Å². The number of aryl methyl sites for hydroxylation is 2. The van der Waals surface area contributed by atoms with Gasteiger partial charge >= 0.3 is 5.97 Å². The molecule has 2 atom stereocenters. The van der Waals surface area contributed by atoms with Gasteiger partial charge in [-0.2, -0.15) is 0 Å². The lowest BCUT2D eigenvalue weighted by Crippen LogP contribution is -2.39. The first-order valence-corrected chi connectivity index (χ1v) is 9.38. The zero-order chi connectivity index (χ0) is 20.4. The van der Waals surface area contributed by atoms with Crippen molar-refractivity contribution in [3.63, 3.8) is 0 Å². The number of oxazole rings is 1. The van der Waals surface area contributed by atoms with Gasteiger partial charge in [-0.25, -0.2) is 9.78 Å². The van der Waals surface area contributed by atoms with Crippen LogP contribution in [-0.4, -0.2) is 29.0 Å². The summed E-state index contributed by atoms with van der Waals surface area (Å²) in [6, 6.07) is 4.49. The van der Waals surface area contributed by atoms with Gasteiger partial charge in [-0.1, -0.05) is 13.8 Å². The number of ether oxygens (including phenoxy) is 1. The Labute approximate surface area is 163 Å². The first kappa shape index (κ1) is 19.9. The number of aromatic nitrogens is 1. The quantitative estimate of drug-likeness (QED) is 0.434. The van der Waals surface area contributed by atoms with E-state index in [-0.39, 0.29) is 17.9 Å². The second-order valence-electron chi connectivity index (χ2n) is 7.64. The van der Waals surface area contributed by atoms with E-state index in [2.05, 4.69) is 18.8 Å². The SMILES string of the molecule is Cc1nc(COC(=O)c2ccc(N3CC(C)CC(C)C3)c([N+](=O)[O-])c2)oc1C. The molecule has 0 radical (unpaired) electrons. The predicted molar refractivity (Wildman–Crippen MR) is 103 cm³/mol. The van der Waals surface area contributed by atoms with Crippen molar-refractivity contribution < 1.29 is 18.9 Å². The molecular weight excluding hydrogens is 362 g/mol. The van der Waals surface area contributed by atoms with Gasteiger partial charge in [0.25, 0.3) is 5.69 Å². The lowest BCUT2D eigenvalue weighted by molar-refractivity contribution is -0.384. The van der Waals surface area contributed by atoms with Crippen LogP contribution in [0, 0.1) is 35.8 Å². The van der Waals surface area contributed by atoms with Crippen molar-refractivity contribution in [3.8, 4) is 0 Å². The van der Waals surface area contributed by atoms with E-state index >= 15 is 0 Å². The minimum atomic E-state index is -0.650. The van der Waals surface area contributed by atoms with Crippen LogP contribution < -0.4 is 4.90 Å². The zero-order valence-electron chi connectivity index (χ0n) is 16.6. The molecule has 1 aliphatic heterocycles. The van der Waals surface area contributed by atoms with Gasteiger partial charge in [-0.05, 0) is 44.2 Å². The van der Waals surface area contributed by atoms with Gasteiger partial charge in [0.2, 0.25) is 5.89 Å². The van der Waals surface area contributed by atoms with E-state index in [4.69, 9.17) is 9.15 Å². The van der Waals surface area contributed by atoms with E-state index in [0.717, 1.165) is 25.2 Å². The van der Waals surface area contributed by atoms with Gasteiger partial charge in [0, 0.05) is 19.2 Å². The Balaban J connectivity index is 1.78. The Bertz CT molecular complexity index is 862. The second-order valence-corrected chi connectivity index (χ2v) is 7.64. The zero-order valence-corrected chi connectivity index (χ0v) is 16.6. The average Bonchev–Trinajstić information content (AvgIpc) is 2.96. The number of nitro benzene ring substituents is 1. The van der Waals surface area contributed by atoms with Gasteiger partial charge in [0.05, 0.1) is 16.2 Å². The van der Waals surface area contributed by atoms with E-state index < -0.39 is 10.9 Å². The Kier molecular flexibility index (Phi) is 5.67. The van der Waals surface area contributed by atoms with Gasteiger partial charge in [-0.3, -0.25) is 10.1 Å². The van der Waals surface area contributed by atoms with Crippen molar-refractivity contribution in [1.82, 2.24) is 4.98 Å². The number of anilines is 1. The fourth-order valence-corrected chi connectivity index (χ4v) is 3.74. The van der Waals surface area contributed by atoms with Crippen LogP contribution >= 0.6 is 0 Å². The largest absolute Gasteiger partial charge is 0.452 e. The summed E-state index contributed by atoms with van der Waals surface area (Å²) in [4.78, 5) is 29.7. The van der Waals surface area contributed by atoms with Crippen molar-refractivity contribution in [1.29, 1.82) is 0 Å². The number of hydrogen-bond donors (Lipinski definition) is 0. The summed E-state index contributed by atoms with van der Waals surface area (Å²) in [6.07, 6.45) is 1.11. The van der Waals surface area contributed by atoms with Crippen LogP contribution in [0.5, 0.6) is 0 Å². The lowest BCUT2D eigenvalue weighted by Gasteiger charge is -2.36. The monoisotopic (exact) mass is 387 g/mol. The Morgan fingerprint density at radius 2 is 2.00 bits per heavy atom. The molecule has 3 rings (SSSR count). The third kappa shape index (κ3) is 4.32. The van der Waals surface area contributed by atoms with Crippen molar-refractivity contribution >= 4 is 17.3 Å². The highest BCUT2D eigenvalue weighted by atomic mass is 16.6. The molecule has 8 nitrogen and oxygen atoms in total. The first-order chi connectivity index (χ1) is 13.2. The Morgan fingerprint density at radius 1 is 1.32 bits per heavy atom. The molecule has 1 aromatic heterocycles. The van der Waals surface area contributed by atoms with Gasteiger partial charge in [-0.15, -0.1) is 0 Å². The molecule has 8 heteroatoms. The maximum absolute atomic E-state index is 12.3. The smallest absolute Gasteiger partial charge is 0.338 e. The summed E-state index contributed by atoms with van der Waals surface area (Å²) in [7, 11) is 0. The van der Waals surface area contributed by atoms with Crippen LogP contribution in [0.3, 0.4) is 0 Å². The molecule has 1 aliphatic rings. The number of rotatable bonds is 5. The van der Waals surface area contributed by atoms with Crippen LogP contribution in [0.15, 0.2) is 22.6 Å². The minimum Gasteiger partial charge on any atom is -0.452 e. The third-order valence-corrected chi connectivity index (χ3v) is 5.02. The molecule has 1 aromatic carbocycles. The van der Waals surface area contributed by atoms with Gasteiger partial charge in [0.15, 0.2) is 6.61 Å². The molecule has 150 valence electrons. The maximum atomic E-state index is 12.3. The molecule has 1 fully saturated rings. The lowest BCUT2D eigenvalue weighted by atomic mass is 9.91. The second kappa shape index (κ2) is 8.00. The summed E-state index contributed by atoms with van der Waals surface area (Å²) in [5.41, 5.74) is 1.32. The fraction of sp³-hybridized carbons (Fsp3) is 0.500. The molecular formula is C20H25N3O5. The molecule has 1 saturated heterocycles. The molecule has 2 unspecified atom stereocenters. The van der Waals surface area contributed by atoms with Crippen LogP contribution in [0.4, 0.5) is 11.4 Å². The normalized spacial score (nSPS) is 19.5. The number of benzene rings is 1. The molecule has 2 heterocycles. The number of piperidine rings is 1. The molecule has 2 aromatic rings. The van der Waals surface area contributed by atoms with E-state index in [1.807, 2.05) is 4.90 Å². The molecule has 0 saturated carbocycles. The first-order valence-electron chi connectivity index (χ1n) is 9.38. The molecule has 0 aliphatic carbocycles. The maximum Gasteiger partial charge on any atom is 0.338 e. The van der Waals surface area contributed by atoms with E-state index in [9.17, 15) is 14.9 Å². The van der Waals surface area contributed by atoms with Crippen LogP contribution in [0.25, 0.3) is 0 Å². The molecule has 0 spiro atoms. The summed E-state index contributed by atoms with van der Waals surface area (Å²) in [6.45, 7) is 9.27. The fourth-order valence-electron chi connectivity index (χ4n) is 3.74. The topological polar surface area (TPSA) is 98.7 Å². The molecule has 0 bridgehead atoms. The minimum absolute atomic E-state index is 0.0847. The Morgan fingerprint density at radius 3 is 2.57 bits per heavy atom. The molecule has 0 N–H and O–H groups in total. The van der Waals surface area contributed by atoms with Crippen LogP contribution in [-0.2, 0) is 11.3 Å². The number of esters is 1. The van der Waals surface area contributed by atoms with Gasteiger partial charge in [0.1, 0.15) is 11.4 Å². The van der Waals surface area contributed by atoms with Crippen molar-refractivity contribution in [3.05, 3.63) is 51.2 Å². The van der Waals surface area contributed by atoms with Crippen molar-refractivity contribution in [2.24, 2.45) is 11.8 Å². The summed E-state index contributed by atoms with van der Waals surface area (Å²) in [5.74, 6) is 1.23. The summed E-state index contributed by atoms with van der Waals surface area (Å²) in [5, 5.41) is 11.6. The number of nitrogens with zero attached hydrogens (tertiary/aromatic N) is 3. The predicted octanol–water partition coefficient (Wildman–Crippen LogP) is 4.04. The van der Waals surface area contributed by atoms with E-state index in [1.54, 1.807) is 26.0 Å². The highest BCUT2D eigenvalue weighted by Crippen LogP contribution is 2.34. The highest BCUT2D eigenvalue weighted by Gasteiger charge is 2.28. The number of carbonyl (C=O) groups excluding carboxylic acids is 1. The highest BCUT2D eigenvalue weighted by molar-refractivity contribution is 5.91. The molecule has 28 heavy (non-hydrogen) atoms. The molecule has 0 amide bonds. The Hall–Kier alpha value is -2.90. The van der Waals surface area contributed by atoms with Gasteiger partial charge < -0.3 is 14.1 Å². The standard InChI is InChI=1S/C20H25N3O5/c1-12-7-13(2)10-22(9-12)17-6-5-16(8-18(17)23(25)26)20(24)27-11-19-21-14(3)15(4)28-19/h5-6,8,12-13H,7,9-11H2,1-4H3.